The second-order valence-electron chi connectivity index (χ2n) is 8.91. The SMILES string of the molecule is C=C1C(C(=O)Nc2ccc(S(=O)(=O)Nc3ncccn3)cc2)[C@H]1C(=O)Nc1ccc(S(=O)(=O)Nc2ncccn2)cc1. The maximum atomic E-state index is 12.8. The highest BCUT2D eigenvalue weighted by molar-refractivity contribution is 7.93. The molecule has 2 heterocycles. The van der Waals surface area contributed by atoms with Gasteiger partial charge in [-0.05, 0) is 60.7 Å². The second-order valence-corrected chi connectivity index (χ2v) is 12.3. The zero-order valence-electron chi connectivity index (χ0n) is 21.5. The molecule has 2 aromatic carbocycles. The first-order chi connectivity index (χ1) is 20.0. The molecule has 2 aromatic heterocycles. The number of sulfonamides is 2. The molecule has 1 aliphatic carbocycles. The smallest absolute Gasteiger partial charge is 0.264 e. The van der Waals surface area contributed by atoms with E-state index < -0.39 is 43.7 Å². The van der Waals surface area contributed by atoms with Crippen molar-refractivity contribution in [3.63, 3.8) is 0 Å². The van der Waals surface area contributed by atoms with Gasteiger partial charge >= 0.3 is 0 Å². The molecule has 1 aliphatic rings. The molecule has 2 atom stereocenters. The Morgan fingerprint density at radius 3 is 1.26 bits per heavy atom. The van der Waals surface area contributed by atoms with Crippen molar-refractivity contribution in [2.24, 2.45) is 11.8 Å². The Hall–Kier alpha value is -5.22. The molecule has 4 N–H and O–H groups in total. The van der Waals surface area contributed by atoms with Crippen LogP contribution in [0.1, 0.15) is 0 Å². The first kappa shape index (κ1) is 28.3. The van der Waals surface area contributed by atoms with Gasteiger partial charge < -0.3 is 10.6 Å². The molecule has 1 unspecified atom stereocenters. The summed E-state index contributed by atoms with van der Waals surface area (Å²) in [7, 11) is -7.89. The number of carbonyl (C=O) groups excluding carboxylic acids is 2. The van der Waals surface area contributed by atoms with Crippen LogP contribution in [0.25, 0.3) is 0 Å². The Balaban J connectivity index is 1.16. The summed E-state index contributed by atoms with van der Waals surface area (Å²) in [6, 6.07) is 14.0. The topological polar surface area (TPSA) is 202 Å². The van der Waals surface area contributed by atoms with Gasteiger partial charge in [-0.3, -0.25) is 9.59 Å². The van der Waals surface area contributed by atoms with Crippen LogP contribution in [0.5, 0.6) is 0 Å². The predicted molar refractivity (Wildman–Crippen MR) is 152 cm³/mol. The minimum absolute atomic E-state index is 0.0657. The molecule has 14 nitrogen and oxygen atoms in total. The van der Waals surface area contributed by atoms with Crippen LogP contribution in [0.15, 0.2) is 107 Å². The van der Waals surface area contributed by atoms with Crippen molar-refractivity contribution in [3.05, 3.63) is 97.6 Å². The van der Waals surface area contributed by atoms with Gasteiger partial charge in [0.25, 0.3) is 20.0 Å². The van der Waals surface area contributed by atoms with Gasteiger partial charge in [0.1, 0.15) is 0 Å². The Bertz CT molecular complexity index is 1720. The van der Waals surface area contributed by atoms with Crippen molar-refractivity contribution < 1.29 is 26.4 Å². The van der Waals surface area contributed by atoms with E-state index in [4.69, 9.17) is 0 Å². The van der Waals surface area contributed by atoms with Gasteiger partial charge in [0.15, 0.2) is 0 Å². The molecular formula is C26H22N8O6S2. The summed E-state index contributed by atoms with van der Waals surface area (Å²) in [5.41, 5.74) is 1.04. The lowest BCUT2D eigenvalue weighted by molar-refractivity contribution is -0.122. The van der Waals surface area contributed by atoms with E-state index in [0.717, 1.165) is 0 Å². The van der Waals surface area contributed by atoms with Gasteiger partial charge in [0, 0.05) is 36.2 Å². The maximum Gasteiger partial charge on any atom is 0.264 e. The first-order valence-electron chi connectivity index (χ1n) is 12.1. The van der Waals surface area contributed by atoms with E-state index in [2.05, 4.69) is 46.6 Å². The van der Waals surface area contributed by atoms with E-state index in [0.29, 0.717) is 16.9 Å². The highest BCUT2D eigenvalue weighted by Gasteiger charge is 2.52. The fraction of sp³-hybridized carbons (Fsp3) is 0.0769. The molecule has 0 radical (unpaired) electrons. The highest BCUT2D eigenvalue weighted by atomic mass is 32.2. The number of benzene rings is 2. The van der Waals surface area contributed by atoms with E-state index in [1.54, 1.807) is 12.1 Å². The number of aromatic nitrogens is 4. The molecule has 1 saturated carbocycles. The average molecular weight is 607 g/mol. The number of nitrogens with zero attached hydrogens (tertiary/aromatic N) is 4. The number of nitrogens with one attached hydrogen (secondary N) is 4. The van der Waals surface area contributed by atoms with E-state index in [-0.39, 0.29) is 21.7 Å². The Morgan fingerprint density at radius 2 is 0.929 bits per heavy atom. The van der Waals surface area contributed by atoms with Crippen molar-refractivity contribution in [2.75, 3.05) is 20.1 Å². The first-order valence-corrected chi connectivity index (χ1v) is 15.1. The third kappa shape index (κ3) is 6.39. The number of amides is 2. The van der Waals surface area contributed by atoms with Gasteiger partial charge in [-0.2, -0.15) is 0 Å². The molecular weight excluding hydrogens is 584 g/mol. The van der Waals surface area contributed by atoms with E-state index in [1.165, 1.54) is 73.3 Å². The van der Waals surface area contributed by atoms with Crippen LogP contribution in [-0.2, 0) is 29.6 Å². The lowest BCUT2D eigenvalue weighted by Gasteiger charge is -2.09. The van der Waals surface area contributed by atoms with Crippen molar-refractivity contribution >= 4 is 55.1 Å². The zero-order valence-corrected chi connectivity index (χ0v) is 23.1. The number of hydrogen-bond donors (Lipinski definition) is 4. The Labute approximate surface area is 240 Å². The van der Waals surface area contributed by atoms with Gasteiger partial charge in [-0.25, -0.2) is 46.2 Å². The van der Waals surface area contributed by atoms with Gasteiger partial charge in [0.2, 0.25) is 23.7 Å². The van der Waals surface area contributed by atoms with Crippen LogP contribution >= 0.6 is 0 Å². The largest absolute Gasteiger partial charge is 0.326 e. The molecule has 2 amide bonds. The zero-order chi connectivity index (χ0) is 29.9. The summed E-state index contributed by atoms with van der Waals surface area (Å²) in [6.07, 6.45) is 5.58. The number of anilines is 4. The van der Waals surface area contributed by atoms with Crippen molar-refractivity contribution in [1.29, 1.82) is 0 Å². The molecule has 4 aromatic rings. The molecule has 16 heteroatoms. The van der Waals surface area contributed by atoms with Crippen LogP contribution in [-0.4, -0.2) is 48.6 Å². The highest BCUT2D eigenvalue weighted by Crippen LogP contribution is 2.45. The predicted octanol–water partition coefficient (Wildman–Crippen LogP) is 2.25. The molecule has 0 saturated heterocycles. The maximum absolute atomic E-state index is 12.8. The van der Waals surface area contributed by atoms with Crippen LogP contribution in [0.3, 0.4) is 0 Å². The third-order valence-electron chi connectivity index (χ3n) is 6.04. The lowest BCUT2D eigenvalue weighted by atomic mass is 10.2. The summed E-state index contributed by atoms with van der Waals surface area (Å²) in [5, 5.41) is 5.30. The number of rotatable bonds is 10. The third-order valence-corrected chi connectivity index (χ3v) is 8.72. The Kier molecular flexibility index (Phi) is 7.64. The fourth-order valence-electron chi connectivity index (χ4n) is 3.89. The van der Waals surface area contributed by atoms with Gasteiger partial charge in [0.05, 0.1) is 21.6 Å². The number of hydrogen-bond acceptors (Lipinski definition) is 10. The molecule has 1 fully saturated rings. The van der Waals surface area contributed by atoms with Crippen LogP contribution < -0.4 is 20.1 Å². The lowest BCUT2D eigenvalue weighted by Crippen LogP contribution is -2.21. The van der Waals surface area contributed by atoms with Gasteiger partial charge in [-0.1, -0.05) is 12.2 Å². The minimum atomic E-state index is -3.94. The summed E-state index contributed by atoms with van der Waals surface area (Å²) in [6.45, 7) is 3.81. The average Bonchev–Trinajstić information content (AvgIpc) is 3.65. The molecule has 0 bridgehead atoms. The summed E-state index contributed by atoms with van der Waals surface area (Å²) < 4.78 is 54.6. The summed E-state index contributed by atoms with van der Waals surface area (Å²) >= 11 is 0. The van der Waals surface area contributed by atoms with E-state index in [1.807, 2.05) is 0 Å². The van der Waals surface area contributed by atoms with Crippen LogP contribution in [0, 0.1) is 11.8 Å². The molecule has 0 aliphatic heterocycles. The Morgan fingerprint density at radius 1 is 0.595 bits per heavy atom. The summed E-state index contributed by atoms with van der Waals surface area (Å²) in [4.78, 5) is 40.8. The normalized spacial score (nSPS) is 16.2. The monoisotopic (exact) mass is 606 g/mol. The standard InChI is InChI=1S/C26H22N8O6S2/c1-16-21(23(35)31-17-4-8-19(9-5-17)41(37,38)33-25-27-12-2-13-28-25)22(16)24(36)32-18-6-10-20(11-7-18)42(39,40)34-26-29-14-3-15-30-26/h2-15,21-22H,1H2,(H,31,35)(H,32,36)(H,27,28,33)(H,29,30,34)/t21-,22?/m0/s1. The quantitative estimate of drug-likeness (QED) is 0.194. The number of carbonyl (C=O) groups is 2. The van der Waals surface area contributed by atoms with E-state index >= 15 is 0 Å². The minimum Gasteiger partial charge on any atom is -0.326 e. The molecule has 5 rings (SSSR count). The molecule has 42 heavy (non-hydrogen) atoms. The second kappa shape index (κ2) is 11.3. The summed E-state index contributed by atoms with van der Waals surface area (Å²) in [5.74, 6) is -2.71. The molecule has 0 spiro atoms. The van der Waals surface area contributed by atoms with Crippen molar-refractivity contribution in [3.8, 4) is 0 Å². The van der Waals surface area contributed by atoms with Gasteiger partial charge in [-0.15, -0.1) is 0 Å². The van der Waals surface area contributed by atoms with E-state index in [9.17, 15) is 26.4 Å². The molecule has 214 valence electrons. The van der Waals surface area contributed by atoms with Crippen molar-refractivity contribution in [1.82, 2.24) is 19.9 Å². The van der Waals surface area contributed by atoms with Crippen LogP contribution in [0.2, 0.25) is 0 Å². The fourth-order valence-corrected chi connectivity index (χ4v) is 5.81. The van der Waals surface area contributed by atoms with Crippen LogP contribution in [0.4, 0.5) is 23.3 Å². The van der Waals surface area contributed by atoms with Crippen molar-refractivity contribution in [2.45, 2.75) is 9.79 Å².